The van der Waals surface area contributed by atoms with Crippen LogP contribution in [-0.4, -0.2) is 25.9 Å². The van der Waals surface area contributed by atoms with Crippen molar-refractivity contribution in [2.24, 2.45) is 0 Å². The van der Waals surface area contributed by atoms with Gasteiger partial charge in [-0.25, -0.2) is 0 Å². The normalized spacial score (nSPS) is 19.5. The summed E-state index contributed by atoms with van der Waals surface area (Å²) in [4.78, 5) is 0. The highest BCUT2D eigenvalue weighted by atomic mass is 16.5. The average molecular weight is 235 g/mol. The summed E-state index contributed by atoms with van der Waals surface area (Å²) in [6, 6.07) is 8.84. The van der Waals surface area contributed by atoms with E-state index >= 15 is 0 Å². The fraction of sp³-hybridized carbons (Fsp3) is 0.571. The lowest BCUT2D eigenvalue weighted by molar-refractivity contribution is 0.190. The molecule has 1 fully saturated rings. The zero-order valence-corrected chi connectivity index (χ0v) is 10.4. The number of rotatable bonds is 6. The molecule has 1 N–H and O–H groups in total. The maximum atomic E-state index is 5.55. The van der Waals surface area contributed by atoms with Gasteiger partial charge in [0.15, 0.2) is 0 Å². The molecule has 1 saturated heterocycles. The first-order valence-electron chi connectivity index (χ1n) is 6.41. The molecule has 2 rings (SSSR count). The lowest BCUT2D eigenvalue weighted by Crippen LogP contribution is -2.28. The van der Waals surface area contributed by atoms with Gasteiger partial charge in [0.25, 0.3) is 0 Å². The number of ether oxygens (including phenoxy) is 2. The molecule has 17 heavy (non-hydrogen) atoms. The van der Waals surface area contributed by atoms with Crippen molar-refractivity contribution in [1.82, 2.24) is 5.32 Å². The molecule has 1 aromatic carbocycles. The molecule has 1 unspecified atom stereocenters. The van der Waals surface area contributed by atoms with Gasteiger partial charge in [0.1, 0.15) is 5.75 Å². The van der Waals surface area contributed by atoms with Crippen LogP contribution >= 0.6 is 0 Å². The molecule has 0 aromatic heterocycles. The topological polar surface area (TPSA) is 30.5 Å². The highest BCUT2D eigenvalue weighted by molar-refractivity contribution is 5.27. The van der Waals surface area contributed by atoms with Crippen molar-refractivity contribution in [2.75, 3.05) is 19.8 Å². The van der Waals surface area contributed by atoms with E-state index in [-0.39, 0.29) is 0 Å². The van der Waals surface area contributed by atoms with Crippen molar-refractivity contribution in [3.05, 3.63) is 29.8 Å². The fourth-order valence-electron chi connectivity index (χ4n) is 1.88. The molecular formula is C14H21NO2. The number of hydrogen-bond acceptors (Lipinski definition) is 3. The number of benzene rings is 1. The molecule has 1 heterocycles. The number of nitrogens with one attached hydrogen (secondary N) is 1. The molecule has 0 bridgehead atoms. The van der Waals surface area contributed by atoms with E-state index in [0.717, 1.165) is 45.0 Å². The minimum atomic E-state index is 0.519. The Hall–Kier alpha value is -1.06. The van der Waals surface area contributed by atoms with Crippen LogP contribution in [0, 0.1) is 0 Å². The summed E-state index contributed by atoms with van der Waals surface area (Å²) in [5.74, 6) is 0.958. The Balaban J connectivity index is 1.76. The van der Waals surface area contributed by atoms with Crippen LogP contribution < -0.4 is 10.1 Å². The van der Waals surface area contributed by atoms with Gasteiger partial charge < -0.3 is 14.8 Å². The molecule has 1 aliphatic heterocycles. The van der Waals surface area contributed by atoms with Crippen molar-refractivity contribution in [3.63, 3.8) is 0 Å². The summed E-state index contributed by atoms with van der Waals surface area (Å²) in [6.07, 6.45) is 2.17. The Morgan fingerprint density at radius 2 is 2.18 bits per heavy atom. The molecule has 1 aliphatic rings. The van der Waals surface area contributed by atoms with Crippen LogP contribution in [0.1, 0.15) is 25.3 Å². The molecule has 94 valence electrons. The maximum Gasteiger partial charge on any atom is 0.119 e. The molecular weight excluding hydrogens is 214 g/mol. The third kappa shape index (κ3) is 4.02. The highest BCUT2D eigenvalue weighted by Crippen LogP contribution is 2.13. The largest absolute Gasteiger partial charge is 0.494 e. The van der Waals surface area contributed by atoms with Gasteiger partial charge in [-0.2, -0.15) is 0 Å². The minimum Gasteiger partial charge on any atom is -0.494 e. The van der Waals surface area contributed by atoms with E-state index in [2.05, 4.69) is 24.4 Å². The van der Waals surface area contributed by atoms with Gasteiger partial charge in [-0.3, -0.25) is 0 Å². The molecule has 3 heteroatoms. The first kappa shape index (κ1) is 12.4. The summed E-state index contributed by atoms with van der Waals surface area (Å²) >= 11 is 0. The number of hydrogen-bond donors (Lipinski definition) is 1. The molecule has 0 spiro atoms. The second-order valence-corrected chi connectivity index (χ2v) is 4.43. The van der Waals surface area contributed by atoms with E-state index in [1.165, 1.54) is 5.56 Å². The highest BCUT2D eigenvalue weighted by Gasteiger charge is 2.14. The van der Waals surface area contributed by atoms with E-state index in [4.69, 9.17) is 9.47 Å². The second kappa shape index (κ2) is 6.62. The average Bonchev–Trinajstić information content (AvgIpc) is 2.88. The molecule has 3 nitrogen and oxygen atoms in total. The van der Waals surface area contributed by atoms with Gasteiger partial charge in [-0.15, -0.1) is 0 Å². The molecule has 0 aliphatic carbocycles. The molecule has 0 amide bonds. The predicted octanol–water partition coefficient (Wildman–Crippen LogP) is 2.35. The summed E-state index contributed by atoms with van der Waals surface area (Å²) < 4.78 is 10.9. The summed E-state index contributed by atoms with van der Waals surface area (Å²) in [5, 5.41) is 3.49. The van der Waals surface area contributed by atoms with E-state index in [9.17, 15) is 0 Å². The van der Waals surface area contributed by atoms with Crippen LogP contribution in [0.15, 0.2) is 24.3 Å². The van der Waals surface area contributed by atoms with Gasteiger partial charge in [0, 0.05) is 19.2 Å². The Morgan fingerprint density at radius 3 is 2.82 bits per heavy atom. The van der Waals surface area contributed by atoms with Crippen LogP contribution in [0.25, 0.3) is 0 Å². The smallest absolute Gasteiger partial charge is 0.119 e. The molecule has 1 aromatic rings. The monoisotopic (exact) mass is 235 g/mol. The van der Waals surface area contributed by atoms with Crippen molar-refractivity contribution in [1.29, 1.82) is 0 Å². The van der Waals surface area contributed by atoms with Gasteiger partial charge in [-0.05, 0) is 30.5 Å². The third-order valence-electron chi connectivity index (χ3n) is 2.92. The third-order valence-corrected chi connectivity index (χ3v) is 2.92. The molecule has 1 atom stereocenters. The van der Waals surface area contributed by atoms with Crippen molar-refractivity contribution in [2.45, 2.75) is 32.4 Å². The molecule has 0 saturated carbocycles. The van der Waals surface area contributed by atoms with Crippen LogP contribution in [0.2, 0.25) is 0 Å². The Labute approximate surface area is 103 Å². The molecule has 0 radical (unpaired) electrons. The fourth-order valence-corrected chi connectivity index (χ4v) is 1.88. The van der Waals surface area contributed by atoms with Gasteiger partial charge in [0.05, 0.1) is 13.2 Å². The summed E-state index contributed by atoms with van der Waals surface area (Å²) in [5.41, 5.74) is 1.29. The van der Waals surface area contributed by atoms with Gasteiger partial charge in [0.2, 0.25) is 0 Å². The zero-order valence-electron chi connectivity index (χ0n) is 10.4. The van der Waals surface area contributed by atoms with Crippen molar-refractivity contribution < 1.29 is 9.47 Å². The first-order valence-corrected chi connectivity index (χ1v) is 6.41. The van der Waals surface area contributed by atoms with Crippen molar-refractivity contribution >= 4 is 0 Å². The van der Waals surface area contributed by atoms with Gasteiger partial charge >= 0.3 is 0 Å². The quantitative estimate of drug-likeness (QED) is 0.821. The lowest BCUT2D eigenvalue weighted by Gasteiger charge is -2.11. The van der Waals surface area contributed by atoms with E-state index in [1.807, 2.05) is 12.1 Å². The Bertz CT molecular complexity index is 317. The second-order valence-electron chi connectivity index (χ2n) is 4.43. The first-order chi connectivity index (χ1) is 8.38. The lowest BCUT2D eigenvalue weighted by atomic mass is 10.2. The van der Waals surface area contributed by atoms with Crippen LogP contribution in [-0.2, 0) is 11.3 Å². The zero-order chi connectivity index (χ0) is 11.9. The Kier molecular flexibility index (Phi) is 4.83. The van der Waals surface area contributed by atoms with E-state index < -0.39 is 0 Å². The van der Waals surface area contributed by atoms with Crippen LogP contribution in [0.4, 0.5) is 0 Å². The predicted molar refractivity (Wildman–Crippen MR) is 68.3 cm³/mol. The van der Waals surface area contributed by atoms with Crippen LogP contribution in [0.3, 0.4) is 0 Å². The summed E-state index contributed by atoms with van der Waals surface area (Å²) in [6.45, 7) is 5.54. The van der Waals surface area contributed by atoms with E-state index in [0.29, 0.717) is 6.04 Å². The van der Waals surface area contributed by atoms with Gasteiger partial charge in [-0.1, -0.05) is 19.1 Å². The van der Waals surface area contributed by atoms with Crippen molar-refractivity contribution in [3.8, 4) is 5.75 Å². The maximum absolute atomic E-state index is 5.55. The van der Waals surface area contributed by atoms with Crippen LogP contribution in [0.5, 0.6) is 5.75 Å². The minimum absolute atomic E-state index is 0.519. The van der Waals surface area contributed by atoms with E-state index in [1.54, 1.807) is 0 Å². The standard InChI is InChI=1S/C14H21NO2/c1-2-8-17-14-5-3-12(4-6-14)10-15-13-7-9-16-11-13/h3-6,13,15H,2,7-11H2,1H3. The SMILES string of the molecule is CCCOc1ccc(CNC2CCOC2)cc1. The Morgan fingerprint density at radius 1 is 1.35 bits per heavy atom. The summed E-state index contributed by atoms with van der Waals surface area (Å²) in [7, 11) is 0.